The highest BCUT2D eigenvalue weighted by molar-refractivity contribution is 8.00. The fourth-order valence-electron chi connectivity index (χ4n) is 4.48. The van der Waals surface area contributed by atoms with E-state index in [1.807, 2.05) is 56.3 Å². The number of rotatable bonds is 7. The molecule has 3 aromatic carbocycles. The van der Waals surface area contributed by atoms with E-state index < -0.39 is 23.7 Å². The van der Waals surface area contributed by atoms with Crippen LogP contribution in [0.1, 0.15) is 44.2 Å². The van der Waals surface area contributed by atoms with E-state index in [1.165, 1.54) is 35.1 Å². The summed E-state index contributed by atoms with van der Waals surface area (Å²) in [6.07, 6.45) is 0. The van der Waals surface area contributed by atoms with Crippen molar-refractivity contribution in [2.75, 3.05) is 12.0 Å². The van der Waals surface area contributed by atoms with Crippen molar-refractivity contribution in [3.63, 3.8) is 0 Å². The highest BCUT2D eigenvalue weighted by Crippen LogP contribution is 2.44. The minimum Gasteiger partial charge on any atom is -0.507 e. The number of hydrogen-bond donors (Lipinski definition) is 1. The lowest BCUT2D eigenvalue weighted by molar-refractivity contribution is -0.132. The Bertz CT molecular complexity index is 1630. The number of aromatic nitrogens is 2. The number of amides is 1. The van der Waals surface area contributed by atoms with Gasteiger partial charge in [-0.2, -0.15) is 0 Å². The summed E-state index contributed by atoms with van der Waals surface area (Å²) in [5.41, 5.74) is 4.00. The molecule has 4 aromatic rings. The smallest absolute Gasteiger partial charge is 0.337 e. The summed E-state index contributed by atoms with van der Waals surface area (Å²) in [6, 6.07) is 20.8. The highest BCUT2D eigenvalue weighted by atomic mass is 32.2. The van der Waals surface area contributed by atoms with Gasteiger partial charge in [-0.3, -0.25) is 14.5 Å². The van der Waals surface area contributed by atoms with E-state index in [9.17, 15) is 19.5 Å². The van der Waals surface area contributed by atoms with Gasteiger partial charge in [0.1, 0.15) is 5.76 Å². The fourth-order valence-corrected chi connectivity index (χ4v) is 6.30. The zero-order chi connectivity index (χ0) is 28.4. The number of hydrogen-bond acceptors (Lipinski definition) is 9. The van der Waals surface area contributed by atoms with Gasteiger partial charge in [-0.05, 0) is 48.7 Å². The predicted molar refractivity (Wildman–Crippen MR) is 154 cm³/mol. The first-order valence-corrected chi connectivity index (χ1v) is 14.2. The molecule has 0 aliphatic carbocycles. The number of aliphatic hydroxyl groups excluding tert-OH is 1. The average Bonchev–Trinajstić information content (AvgIpc) is 3.55. The number of ketones is 1. The van der Waals surface area contributed by atoms with E-state index in [0.29, 0.717) is 26.8 Å². The maximum Gasteiger partial charge on any atom is 0.337 e. The summed E-state index contributed by atoms with van der Waals surface area (Å²) < 4.78 is 5.43. The van der Waals surface area contributed by atoms with Gasteiger partial charge in [0, 0.05) is 11.3 Å². The Morgan fingerprint density at radius 2 is 1.75 bits per heavy atom. The molecule has 1 unspecified atom stereocenters. The molecule has 1 atom stereocenters. The Kier molecular flexibility index (Phi) is 7.81. The third-order valence-electron chi connectivity index (χ3n) is 6.55. The van der Waals surface area contributed by atoms with Crippen LogP contribution in [0, 0.1) is 13.8 Å². The number of aryl methyl sites for hydroxylation is 2. The molecule has 1 aliphatic rings. The molecule has 5 rings (SSSR count). The van der Waals surface area contributed by atoms with Crippen molar-refractivity contribution in [1.82, 2.24) is 10.2 Å². The van der Waals surface area contributed by atoms with Gasteiger partial charge in [0.2, 0.25) is 5.13 Å². The van der Waals surface area contributed by atoms with Crippen LogP contribution in [0.3, 0.4) is 0 Å². The maximum atomic E-state index is 13.5. The molecule has 1 aromatic heterocycles. The number of Topliss-reactive ketones (excluding diaryl/α,β-unsaturated/α-hetero) is 1. The van der Waals surface area contributed by atoms with Crippen molar-refractivity contribution in [2.45, 2.75) is 30.0 Å². The summed E-state index contributed by atoms with van der Waals surface area (Å²) in [5.74, 6) is -1.76. The maximum absolute atomic E-state index is 13.5. The second-order valence-electron chi connectivity index (χ2n) is 9.23. The van der Waals surface area contributed by atoms with Crippen molar-refractivity contribution >= 4 is 51.6 Å². The molecule has 202 valence electrons. The van der Waals surface area contributed by atoms with Crippen LogP contribution in [0.15, 0.2) is 82.7 Å². The molecule has 40 heavy (non-hydrogen) atoms. The standard InChI is InChI=1S/C30H25N3O5S2/c1-17-9-10-18(2)22(15-17)25(34)23-24(20-11-13-21(14-12-20)28(37)38-3)33(27(36)26(23)35)29-31-32-30(40-29)39-16-19-7-5-4-6-8-19/h4-15,24,34H,16H2,1-3H3/b25-23+. The van der Waals surface area contributed by atoms with Crippen molar-refractivity contribution in [3.8, 4) is 0 Å². The van der Waals surface area contributed by atoms with Crippen LogP contribution in [0.4, 0.5) is 5.13 Å². The van der Waals surface area contributed by atoms with E-state index in [0.717, 1.165) is 16.7 Å². The third kappa shape index (κ3) is 5.28. The Hall–Kier alpha value is -4.28. The van der Waals surface area contributed by atoms with Crippen LogP contribution in [0.25, 0.3) is 5.76 Å². The summed E-state index contributed by atoms with van der Waals surface area (Å²) >= 11 is 2.67. The molecular formula is C30H25N3O5S2. The molecule has 2 heterocycles. The first kappa shape index (κ1) is 27.3. The van der Waals surface area contributed by atoms with Crippen molar-refractivity contribution in [1.29, 1.82) is 0 Å². The Morgan fingerprint density at radius 3 is 2.45 bits per heavy atom. The zero-order valence-electron chi connectivity index (χ0n) is 22.0. The number of esters is 1. The number of anilines is 1. The lowest BCUT2D eigenvalue weighted by Gasteiger charge is -2.23. The average molecular weight is 572 g/mol. The van der Waals surface area contributed by atoms with Crippen LogP contribution in [0.2, 0.25) is 0 Å². The van der Waals surface area contributed by atoms with Gasteiger partial charge in [-0.1, -0.05) is 83.3 Å². The number of nitrogens with zero attached hydrogens (tertiary/aromatic N) is 3. The summed E-state index contributed by atoms with van der Waals surface area (Å²) in [6.45, 7) is 3.71. The molecular weight excluding hydrogens is 546 g/mol. The fraction of sp³-hybridized carbons (Fsp3) is 0.167. The minimum absolute atomic E-state index is 0.0572. The quantitative estimate of drug-likeness (QED) is 0.0734. The molecule has 1 saturated heterocycles. The zero-order valence-corrected chi connectivity index (χ0v) is 23.6. The van der Waals surface area contributed by atoms with E-state index >= 15 is 0 Å². The van der Waals surface area contributed by atoms with Gasteiger partial charge in [0.05, 0.1) is 24.3 Å². The molecule has 1 aliphatic heterocycles. The largest absolute Gasteiger partial charge is 0.507 e. The van der Waals surface area contributed by atoms with Gasteiger partial charge < -0.3 is 9.84 Å². The van der Waals surface area contributed by atoms with Crippen LogP contribution in [-0.2, 0) is 20.1 Å². The summed E-state index contributed by atoms with van der Waals surface area (Å²) in [4.78, 5) is 40.3. The molecule has 0 saturated carbocycles. The van der Waals surface area contributed by atoms with Crippen LogP contribution in [0.5, 0.6) is 0 Å². The van der Waals surface area contributed by atoms with Gasteiger partial charge in [0.15, 0.2) is 4.34 Å². The molecule has 10 heteroatoms. The molecule has 0 bridgehead atoms. The van der Waals surface area contributed by atoms with Gasteiger partial charge in [0.25, 0.3) is 5.78 Å². The van der Waals surface area contributed by atoms with Crippen LogP contribution < -0.4 is 4.90 Å². The number of ether oxygens (including phenoxy) is 1. The number of benzene rings is 3. The minimum atomic E-state index is -0.980. The number of thioether (sulfide) groups is 1. The van der Waals surface area contributed by atoms with E-state index in [-0.39, 0.29) is 16.5 Å². The second kappa shape index (κ2) is 11.4. The Morgan fingerprint density at radius 1 is 1.02 bits per heavy atom. The van der Waals surface area contributed by atoms with Crippen molar-refractivity contribution in [3.05, 3.63) is 112 Å². The Labute approximate surface area is 239 Å². The van der Waals surface area contributed by atoms with Crippen molar-refractivity contribution < 1.29 is 24.2 Å². The molecule has 0 radical (unpaired) electrons. The third-order valence-corrected chi connectivity index (χ3v) is 8.67. The molecule has 8 nitrogen and oxygen atoms in total. The molecule has 1 amide bonds. The number of aliphatic hydroxyl groups is 1. The van der Waals surface area contributed by atoms with Crippen molar-refractivity contribution in [2.24, 2.45) is 0 Å². The SMILES string of the molecule is COC(=O)c1ccc(C2/C(=C(\O)c3cc(C)ccc3C)C(=O)C(=O)N2c2nnc(SCc3ccccc3)s2)cc1. The normalized spacial score (nSPS) is 16.4. The van der Waals surface area contributed by atoms with E-state index in [2.05, 4.69) is 10.2 Å². The molecule has 1 N–H and O–H groups in total. The van der Waals surface area contributed by atoms with E-state index in [1.54, 1.807) is 30.3 Å². The monoisotopic (exact) mass is 571 g/mol. The summed E-state index contributed by atoms with van der Waals surface area (Å²) in [7, 11) is 1.29. The first-order chi connectivity index (χ1) is 19.3. The second-order valence-corrected chi connectivity index (χ2v) is 11.4. The molecule has 1 fully saturated rings. The van der Waals surface area contributed by atoms with Gasteiger partial charge in [-0.15, -0.1) is 10.2 Å². The number of methoxy groups -OCH3 is 1. The summed E-state index contributed by atoms with van der Waals surface area (Å²) in [5, 5.41) is 20.2. The first-order valence-electron chi connectivity index (χ1n) is 12.4. The molecule has 0 spiro atoms. The van der Waals surface area contributed by atoms with Gasteiger partial charge >= 0.3 is 11.9 Å². The number of carbonyl (C=O) groups excluding carboxylic acids is 3. The lowest BCUT2D eigenvalue weighted by atomic mass is 9.93. The highest BCUT2D eigenvalue weighted by Gasteiger charge is 2.48. The lowest BCUT2D eigenvalue weighted by Crippen LogP contribution is -2.29. The number of carbonyl (C=O) groups is 3. The van der Waals surface area contributed by atoms with E-state index in [4.69, 9.17) is 4.74 Å². The Balaban J connectivity index is 1.59. The predicted octanol–water partition coefficient (Wildman–Crippen LogP) is 5.86. The van der Waals surface area contributed by atoms with Gasteiger partial charge in [-0.25, -0.2) is 4.79 Å². The van der Waals surface area contributed by atoms with Crippen LogP contribution >= 0.6 is 23.1 Å². The van der Waals surface area contributed by atoms with Crippen LogP contribution in [-0.4, -0.2) is 40.1 Å². The topological polar surface area (TPSA) is 110 Å².